The van der Waals surface area contributed by atoms with Gasteiger partial charge in [0.25, 0.3) is 0 Å². The fraction of sp³-hybridized carbons (Fsp3) is 0.375. The molecular formula is C8H11BrO2Sn. The molecule has 0 aromatic carbocycles. The van der Waals surface area contributed by atoms with Gasteiger partial charge in [-0.3, -0.25) is 0 Å². The minimum absolute atomic E-state index is 0.165. The summed E-state index contributed by atoms with van der Waals surface area (Å²) in [6.45, 7) is 0. The van der Waals surface area contributed by atoms with Crippen molar-refractivity contribution in [3.05, 3.63) is 27.2 Å². The first-order valence-electron chi connectivity index (χ1n) is 3.70. The summed E-state index contributed by atoms with van der Waals surface area (Å²) in [7, 11) is 0. The average Bonchev–Trinajstić information content (AvgIpc) is 1.92. The number of halogens is 1. The normalized spacial score (nSPS) is 11.7. The first-order valence-corrected chi connectivity index (χ1v) is 14.5. The zero-order valence-corrected chi connectivity index (χ0v) is 11.8. The summed E-state index contributed by atoms with van der Waals surface area (Å²) in [5, 5.41) is 0. The molecule has 0 amide bonds. The topological polar surface area (TPSA) is 30.2 Å². The Bertz CT molecular complexity index is 338. The maximum atomic E-state index is 11.3. The molecule has 0 saturated carbocycles. The van der Waals surface area contributed by atoms with Crippen LogP contribution in [0.5, 0.6) is 0 Å². The molecule has 0 aliphatic carbocycles. The van der Waals surface area contributed by atoms with E-state index in [2.05, 4.69) is 30.7 Å². The molecule has 1 rings (SSSR count). The molecule has 1 aromatic rings. The first-order chi connectivity index (χ1) is 5.41. The second kappa shape index (κ2) is 3.54. The van der Waals surface area contributed by atoms with Crippen molar-refractivity contribution in [3.8, 4) is 0 Å². The predicted octanol–water partition coefficient (Wildman–Crippen LogP) is 1.95. The van der Waals surface area contributed by atoms with E-state index in [1.54, 1.807) is 0 Å². The van der Waals surface area contributed by atoms with Crippen molar-refractivity contribution < 1.29 is 4.42 Å². The summed E-state index contributed by atoms with van der Waals surface area (Å²) in [6, 6.07) is 1.89. The molecule has 0 bridgehead atoms. The molecule has 0 atom stereocenters. The van der Waals surface area contributed by atoms with Crippen LogP contribution in [-0.2, 0) is 0 Å². The summed E-state index contributed by atoms with van der Waals surface area (Å²) in [4.78, 5) is 17.8. The van der Waals surface area contributed by atoms with Crippen LogP contribution >= 0.6 is 15.9 Å². The van der Waals surface area contributed by atoms with Crippen LogP contribution in [0.3, 0.4) is 0 Å². The third-order valence-corrected chi connectivity index (χ3v) is 7.61. The summed E-state index contributed by atoms with van der Waals surface area (Å²) in [5.74, 6) is 0. The summed E-state index contributed by atoms with van der Waals surface area (Å²) in [5.41, 5.74) is -0.165. The Morgan fingerprint density at radius 1 is 1.42 bits per heavy atom. The van der Waals surface area contributed by atoms with Gasteiger partial charge in [0, 0.05) is 0 Å². The molecule has 1 aromatic heterocycles. The summed E-state index contributed by atoms with van der Waals surface area (Å²) >= 11 is 1.04. The Labute approximate surface area is 84.0 Å². The van der Waals surface area contributed by atoms with E-state index in [-0.39, 0.29) is 5.63 Å². The Kier molecular flexibility index (Phi) is 3.04. The van der Waals surface area contributed by atoms with Gasteiger partial charge in [-0.15, -0.1) is 0 Å². The molecule has 1 heterocycles. The van der Waals surface area contributed by atoms with Gasteiger partial charge in [0.1, 0.15) is 0 Å². The van der Waals surface area contributed by atoms with E-state index in [4.69, 9.17) is 4.42 Å². The fourth-order valence-corrected chi connectivity index (χ4v) is 5.45. The van der Waals surface area contributed by atoms with E-state index in [9.17, 15) is 4.79 Å². The van der Waals surface area contributed by atoms with Crippen LogP contribution in [0.4, 0.5) is 0 Å². The predicted molar refractivity (Wildman–Crippen MR) is 55.7 cm³/mol. The quantitative estimate of drug-likeness (QED) is 0.733. The van der Waals surface area contributed by atoms with Gasteiger partial charge in [-0.25, -0.2) is 0 Å². The van der Waals surface area contributed by atoms with Gasteiger partial charge < -0.3 is 0 Å². The Hall–Kier alpha value is 0.229. The molecule has 4 heteroatoms. The number of hydrogen-bond acceptors (Lipinski definition) is 2. The molecule has 0 aliphatic heterocycles. The molecule has 0 radical (unpaired) electrons. The second-order valence-corrected chi connectivity index (χ2v) is 19.0. The van der Waals surface area contributed by atoms with Crippen LogP contribution in [-0.4, -0.2) is 18.4 Å². The van der Waals surface area contributed by atoms with Crippen LogP contribution in [0.25, 0.3) is 0 Å². The van der Waals surface area contributed by atoms with Crippen molar-refractivity contribution in [2.75, 3.05) is 0 Å². The van der Waals surface area contributed by atoms with E-state index in [0.717, 1.165) is 8.05 Å². The van der Waals surface area contributed by atoms with Crippen molar-refractivity contribution in [2.45, 2.75) is 14.8 Å². The molecule has 0 unspecified atom stereocenters. The van der Waals surface area contributed by atoms with Gasteiger partial charge in [-0.1, -0.05) is 0 Å². The monoisotopic (exact) mass is 338 g/mol. The van der Waals surface area contributed by atoms with Crippen LogP contribution in [0.15, 0.2) is 26.0 Å². The molecule has 66 valence electrons. The zero-order chi connectivity index (χ0) is 9.35. The average molecular weight is 338 g/mol. The summed E-state index contributed by atoms with van der Waals surface area (Å²) in [6.07, 6.45) is 1.43. The first kappa shape index (κ1) is 10.3. The molecule has 12 heavy (non-hydrogen) atoms. The Morgan fingerprint density at radius 3 is 2.42 bits per heavy atom. The van der Waals surface area contributed by atoms with Gasteiger partial charge in [0.15, 0.2) is 0 Å². The molecule has 0 spiro atoms. The fourth-order valence-electron chi connectivity index (χ4n) is 0.927. The second-order valence-electron chi connectivity index (χ2n) is 3.72. The molecule has 0 aliphatic rings. The third-order valence-electron chi connectivity index (χ3n) is 1.59. The van der Waals surface area contributed by atoms with Gasteiger partial charge in [0.05, 0.1) is 0 Å². The SMILES string of the molecule is [CH3][Sn]([CH3])([CH3])[c]1cc(Br)coc1=O. The van der Waals surface area contributed by atoms with E-state index in [1.807, 2.05) is 6.07 Å². The van der Waals surface area contributed by atoms with Crippen LogP contribution in [0, 0.1) is 0 Å². The van der Waals surface area contributed by atoms with Gasteiger partial charge in [-0.2, -0.15) is 0 Å². The standard InChI is InChI=1S/C5H2BrO2.3CH3.Sn/c6-4-1-2-5(7)8-3-4;;;;/h1,3H;3*1H3;. The van der Waals surface area contributed by atoms with Gasteiger partial charge in [0.2, 0.25) is 0 Å². The van der Waals surface area contributed by atoms with Crippen LogP contribution < -0.4 is 9.20 Å². The zero-order valence-electron chi connectivity index (χ0n) is 7.35. The molecule has 0 N–H and O–H groups in total. The minimum atomic E-state index is -2.25. The van der Waals surface area contributed by atoms with Gasteiger partial charge >= 0.3 is 84.3 Å². The number of rotatable bonds is 1. The van der Waals surface area contributed by atoms with E-state index < -0.39 is 18.4 Å². The van der Waals surface area contributed by atoms with Crippen molar-refractivity contribution in [3.63, 3.8) is 0 Å². The van der Waals surface area contributed by atoms with Crippen molar-refractivity contribution in [2.24, 2.45) is 0 Å². The Morgan fingerprint density at radius 2 is 2.00 bits per heavy atom. The molecular weight excluding hydrogens is 327 g/mol. The van der Waals surface area contributed by atoms with Crippen LogP contribution in [0.1, 0.15) is 0 Å². The van der Waals surface area contributed by atoms with Crippen molar-refractivity contribution >= 4 is 37.9 Å². The third kappa shape index (κ3) is 2.36. The molecule has 2 nitrogen and oxygen atoms in total. The van der Waals surface area contributed by atoms with Gasteiger partial charge in [-0.05, 0) is 0 Å². The van der Waals surface area contributed by atoms with E-state index >= 15 is 0 Å². The Balaban J connectivity index is 3.33. The maximum absolute atomic E-state index is 11.3. The molecule has 0 saturated heterocycles. The van der Waals surface area contributed by atoms with E-state index in [1.165, 1.54) is 6.26 Å². The van der Waals surface area contributed by atoms with E-state index in [0.29, 0.717) is 0 Å². The number of hydrogen-bond donors (Lipinski definition) is 0. The van der Waals surface area contributed by atoms with Crippen molar-refractivity contribution in [1.82, 2.24) is 0 Å². The van der Waals surface area contributed by atoms with Crippen molar-refractivity contribution in [1.29, 1.82) is 0 Å². The summed E-state index contributed by atoms with van der Waals surface area (Å²) < 4.78 is 6.62. The molecule has 0 fully saturated rings. The van der Waals surface area contributed by atoms with Crippen LogP contribution in [0.2, 0.25) is 14.8 Å².